The summed E-state index contributed by atoms with van der Waals surface area (Å²) in [7, 11) is 0. The van der Waals surface area contributed by atoms with Gasteiger partial charge < -0.3 is 9.47 Å². The molecule has 0 aromatic heterocycles. The molecule has 26 heavy (non-hydrogen) atoms. The van der Waals surface area contributed by atoms with Gasteiger partial charge in [0.15, 0.2) is 0 Å². The van der Waals surface area contributed by atoms with Crippen molar-refractivity contribution in [2.24, 2.45) is 0 Å². The van der Waals surface area contributed by atoms with Crippen LogP contribution in [0, 0.1) is 0 Å². The highest BCUT2D eigenvalue weighted by Crippen LogP contribution is 2.40. The third kappa shape index (κ3) is 8.65. The number of hydrogen-bond acceptors (Lipinski definition) is 2. The largest absolute Gasteiger partial charge is 0.493 e. The average molecular weight is 492 g/mol. The van der Waals surface area contributed by atoms with Gasteiger partial charge in [-0.1, -0.05) is 84.2 Å². The Bertz CT molecular complexity index is 455. The number of benzene rings is 1. The summed E-state index contributed by atoms with van der Waals surface area (Å²) in [6.07, 6.45) is 9.74. The van der Waals surface area contributed by atoms with Gasteiger partial charge in [-0.3, -0.25) is 0 Å². The summed E-state index contributed by atoms with van der Waals surface area (Å²) in [6, 6.07) is 4.32. The highest BCUT2D eigenvalue weighted by molar-refractivity contribution is 9.09. The number of unbranched alkanes of at least 4 members (excludes halogenated alkanes) is 6. The maximum atomic E-state index is 6.14. The molecular formula is C22H36Br2O2. The molecule has 0 fully saturated rings. The van der Waals surface area contributed by atoms with Crippen LogP contribution in [0.15, 0.2) is 12.1 Å². The number of alkyl halides is 2. The molecule has 0 heterocycles. The maximum absolute atomic E-state index is 6.14. The van der Waals surface area contributed by atoms with E-state index in [4.69, 9.17) is 9.47 Å². The molecule has 0 amide bonds. The summed E-state index contributed by atoms with van der Waals surface area (Å²) in [5, 5.41) is 0. The molecule has 0 saturated heterocycles. The molecule has 0 aliphatic carbocycles. The van der Waals surface area contributed by atoms with E-state index in [1.807, 2.05) is 0 Å². The molecule has 2 atom stereocenters. The normalized spacial score (nSPS) is 13.5. The van der Waals surface area contributed by atoms with Crippen molar-refractivity contribution in [2.45, 2.75) is 88.7 Å². The second kappa shape index (κ2) is 13.9. The van der Waals surface area contributed by atoms with Crippen LogP contribution >= 0.6 is 31.9 Å². The van der Waals surface area contributed by atoms with Crippen molar-refractivity contribution in [3.8, 4) is 11.5 Å². The summed E-state index contributed by atoms with van der Waals surface area (Å²) >= 11 is 7.44. The fourth-order valence-electron chi connectivity index (χ4n) is 2.89. The van der Waals surface area contributed by atoms with Gasteiger partial charge in [-0.25, -0.2) is 0 Å². The van der Waals surface area contributed by atoms with Gasteiger partial charge in [-0.2, -0.15) is 0 Å². The van der Waals surface area contributed by atoms with Crippen LogP contribution in [0.1, 0.15) is 99.8 Å². The molecular weight excluding hydrogens is 456 g/mol. The van der Waals surface area contributed by atoms with Crippen LogP contribution in [0.25, 0.3) is 0 Å². The third-order valence-corrected chi connectivity index (χ3v) is 5.50. The molecule has 4 heteroatoms. The number of hydrogen-bond donors (Lipinski definition) is 0. The fourth-order valence-corrected chi connectivity index (χ4v) is 3.60. The Morgan fingerprint density at radius 3 is 1.38 bits per heavy atom. The second-order valence-corrected chi connectivity index (χ2v) is 9.73. The Kier molecular flexibility index (Phi) is 12.7. The van der Waals surface area contributed by atoms with Crippen molar-refractivity contribution < 1.29 is 9.47 Å². The van der Waals surface area contributed by atoms with Crippen molar-refractivity contribution in [2.75, 3.05) is 13.2 Å². The van der Waals surface area contributed by atoms with Gasteiger partial charge in [0.2, 0.25) is 0 Å². The highest BCUT2D eigenvalue weighted by atomic mass is 79.9. The molecule has 0 N–H and O–H groups in total. The van der Waals surface area contributed by atoms with Gasteiger partial charge in [-0.15, -0.1) is 0 Å². The quantitative estimate of drug-likeness (QED) is 0.192. The van der Waals surface area contributed by atoms with Gasteiger partial charge >= 0.3 is 0 Å². The minimum atomic E-state index is 0.232. The van der Waals surface area contributed by atoms with Crippen LogP contribution in [0.2, 0.25) is 0 Å². The van der Waals surface area contributed by atoms with Crippen LogP contribution in [0.4, 0.5) is 0 Å². The lowest BCUT2D eigenvalue weighted by Gasteiger charge is -2.20. The standard InChI is InChI=1S/C22H36Br2O2/c1-5-7-9-11-13-25-21-15-20(18(4)24)22(16-19(21)17(3)23)26-14-12-10-8-6-2/h15-18H,5-14H2,1-4H3. The van der Waals surface area contributed by atoms with Crippen LogP contribution < -0.4 is 9.47 Å². The molecule has 2 nitrogen and oxygen atoms in total. The van der Waals surface area contributed by atoms with Crippen LogP contribution in [0.5, 0.6) is 11.5 Å². The summed E-state index contributed by atoms with van der Waals surface area (Å²) in [4.78, 5) is 0.463. The second-order valence-electron chi connectivity index (χ2n) is 6.98. The third-order valence-electron chi connectivity index (χ3n) is 4.51. The SMILES string of the molecule is CCCCCCOc1cc(C(C)Br)c(OCCCCCC)cc1C(C)Br. The predicted octanol–water partition coefficient (Wildman–Crippen LogP) is 8.52. The van der Waals surface area contributed by atoms with E-state index in [0.29, 0.717) is 0 Å². The van der Waals surface area contributed by atoms with Gasteiger partial charge in [0, 0.05) is 20.8 Å². The molecule has 150 valence electrons. The first-order valence-electron chi connectivity index (χ1n) is 10.2. The lowest BCUT2D eigenvalue weighted by molar-refractivity contribution is 0.292. The molecule has 2 unspecified atom stereocenters. The van der Waals surface area contributed by atoms with Crippen molar-refractivity contribution in [3.05, 3.63) is 23.3 Å². The van der Waals surface area contributed by atoms with E-state index in [2.05, 4.69) is 71.7 Å². The van der Waals surface area contributed by atoms with Gasteiger partial charge in [0.05, 0.1) is 13.2 Å². The lowest BCUT2D eigenvalue weighted by atomic mass is 10.0. The molecule has 0 saturated carbocycles. The van der Waals surface area contributed by atoms with E-state index in [9.17, 15) is 0 Å². The zero-order valence-electron chi connectivity index (χ0n) is 17.0. The van der Waals surface area contributed by atoms with Gasteiger partial charge in [0.1, 0.15) is 11.5 Å². The molecule has 0 bridgehead atoms. The van der Waals surface area contributed by atoms with Crippen LogP contribution in [0.3, 0.4) is 0 Å². The molecule has 0 aliphatic rings. The zero-order valence-corrected chi connectivity index (χ0v) is 20.1. The van der Waals surface area contributed by atoms with Crippen molar-refractivity contribution in [1.29, 1.82) is 0 Å². The Morgan fingerprint density at radius 1 is 0.692 bits per heavy atom. The smallest absolute Gasteiger partial charge is 0.124 e. The highest BCUT2D eigenvalue weighted by Gasteiger charge is 2.18. The Balaban J connectivity index is 2.84. The molecule has 0 spiro atoms. The number of halogens is 2. The Labute approximate surface area is 177 Å². The fraction of sp³-hybridized carbons (Fsp3) is 0.727. The molecule has 0 aliphatic heterocycles. The van der Waals surface area contributed by atoms with Gasteiger partial charge in [-0.05, 0) is 38.8 Å². The first-order valence-corrected chi connectivity index (χ1v) is 12.1. The topological polar surface area (TPSA) is 18.5 Å². The van der Waals surface area contributed by atoms with Crippen LogP contribution in [-0.2, 0) is 0 Å². The summed E-state index contributed by atoms with van der Waals surface area (Å²) in [5.41, 5.74) is 2.34. The number of rotatable bonds is 14. The first-order chi connectivity index (χ1) is 12.5. The maximum Gasteiger partial charge on any atom is 0.124 e. The first kappa shape index (κ1) is 23.8. The van der Waals surface area contributed by atoms with E-state index < -0.39 is 0 Å². The van der Waals surface area contributed by atoms with E-state index in [1.54, 1.807) is 0 Å². The minimum absolute atomic E-state index is 0.232. The lowest BCUT2D eigenvalue weighted by Crippen LogP contribution is -2.06. The molecule has 1 aromatic rings. The van der Waals surface area contributed by atoms with Crippen molar-refractivity contribution in [1.82, 2.24) is 0 Å². The summed E-state index contributed by atoms with van der Waals surface area (Å²) in [5.74, 6) is 1.95. The minimum Gasteiger partial charge on any atom is -0.493 e. The molecule has 1 aromatic carbocycles. The van der Waals surface area contributed by atoms with E-state index in [-0.39, 0.29) is 9.65 Å². The Hall–Kier alpha value is -0.220. The van der Waals surface area contributed by atoms with E-state index in [0.717, 1.165) is 37.6 Å². The Morgan fingerprint density at radius 2 is 1.08 bits per heavy atom. The zero-order chi connectivity index (χ0) is 19.4. The van der Waals surface area contributed by atoms with Crippen LogP contribution in [-0.4, -0.2) is 13.2 Å². The average Bonchev–Trinajstić information content (AvgIpc) is 2.61. The molecule has 0 radical (unpaired) electrons. The summed E-state index contributed by atoms with van der Waals surface area (Å²) < 4.78 is 12.3. The summed E-state index contributed by atoms with van der Waals surface area (Å²) in [6.45, 7) is 10.3. The van der Waals surface area contributed by atoms with Gasteiger partial charge in [0.25, 0.3) is 0 Å². The predicted molar refractivity (Wildman–Crippen MR) is 120 cm³/mol. The van der Waals surface area contributed by atoms with Crippen molar-refractivity contribution >= 4 is 31.9 Å². The molecule has 1 rings (SSSR count). The monoisotopic (exact) mass is 490 g/mol. The van der Waals surface area contributed by atoms with E-state index in [1.165, 1.54) is 49.7 Å². The van der Waals surface area contributed by atoms with Crippen molar-refractivity contribution in [3.63, 3.8) is 0 Å². The van der Waals surface area contributed by atoms with E-state index >= 15 is 0 Å². The number of ether oxygens (including phenoxy) is 2.